The topological polar surface area (TPSA) is 46.5 Å². The van der Waals surface area contributed by atoms with Gasteiger partial charge in [-0.3, -0.25) is 4.79 Å². The summed E-state index contributed by atoms with van der Waals surface area (Å²) < 4.78 is 5.48. The molecular weight excluding hydrogens is 188 g/mol. The minimum atomic E-state index is -0.719. The fourth-order valence-electron chi connectivity index (χ4n) is 1.17. The van der Waals surface area contributed by atoms with Crippen molar-refractivity contribution in [2.75, 3.05) is 12.4 Å². The van der Waals surface area contributed by atoms with Gasteiger partial charge in [0.1, 0.15) is 5.44 Å². The molecule has 1 rings (SSSR count). The number of ether oxygens (including phenoxy) is 1. The standard InChI is InChI=1S/C9H16O3S/c1-7(9(10)11)6-13-8-4-2-3-5-12-8/h7-8H,2-6H2,1H3,(H,10,11). The van der Waals surface area contributed by atoms with Gasteiger partial charge in [0.2, 0.25) is 0 Å². The molecule has 1 aliphatic rings. The van der Waals surface area contributed by atoms with Crippen LogP contribution in [0.1, 0.15) is 26.2 Å². The zero-order valence-electron chi connectivity index (χ0n) is 7.86. The number of carboxylic acid groups (broad SMARTS) is 1. The summed E-state index contributed by atoms with van der Waals surface area (Å²) in [6.45, 7) is 2.57. The van der Waals surface area contributed by atoms with Gasteiger partial charge in [-0.1, -0.05) is 6.92 Å². The van der Waals surface area contributed by atoms with Gasteiger partial charge in [-0.25, -0.2) is 0 Å². The van der Waals surface area contributed by atoms with Gasteiger partial charge in [0.25, 0.3) is 0 Å². The van der Waals surface area contributed by atoms with Crippen LogP contribution < -0.4 is 0 Å². The van der Waals surface area contributed by atoms with Crippen LogP contribution in [-0.2, 0) is 9.53 Å². The van der Waals surface area contributed by atoms with E-state index in [-0.39, 0.29) is 11.4 Å². The van der Waals surface area contributed by atoms with Gasteiger partial charge in [0.05, 0.1) is 5.92 Å². The number of rotatable bonds is 4. The fourth-order valence-corrected chi connectivity index (χ4v) is 2.34. The van der Waals surface area contributed by atoms with Crippen molar-refractivity contribution < 1.29 is 14.6 Å². The summed E-state index contributed by atoms with van der Waals surface area (Å²) in [5.74, 6) is -0.334. The monoisotopic (exact) mass is 204 g/mol. The minimum Gasteiger partial charge on any atom is -0.481 e. The Balaban J connectivity index is 2.13. The third-order valence-electron chi connectivity index (χ3n) is 2.09. The lowest BCUT2D eigenvalue weighted by Crippen LogP contribution is -2.19. The zero-order valence-corrected chi connectivity index (χ0v) is 8.68. The van der Waals surface area contributed by atoms with E-state index in [9.17, 15) is 4.79 Å². The number of carbonyl (C=O) groups is 1. The van der Waals surface area contributed by atoms with Crippen molar-refractivity contribution >= 4 is 17.7 Å². The van der Waals surface area contributed by atoms with Crippen molar-refractivity contribution in [3.8, 4) is 0 Å². The van der Waals surface area contributed by atoms with E-state index in [0.717, 1.165) is 19.4 Å². The van der Waals surface area contributed by atoms with Gasteiger partial charge in [0, 0.05) is 12.4 Å². The van der Waals surface area contributed by atoms with Crippen LogP contribution in [0, 0.1) is 5.92 Å². The smallest absolute Gasteiger partial charge is 0.307 e. The van der Waals surface area contributed by atoms with E-state index in [1.165, 1.54) is 6.42 Å². The van der Waals surface area contributed by atoms with Gasteiger partial charge < -0.3 is 9.84 Å². The second-order valence-corrected chi connectivity index (χ2v) is 4.56. The average molecular weight is 204 g/mol. The SMILES string of the molecule is CC(CSC1CCCCO1)C(=O)O. The molecule has 1 saturated heterocycles. The number of carboxylic acids is 1. The molecule has 4 heteroatoms. The van der Waals surface area contributed by atoms with Crippen molar-refractivity contribution in [1.82, 2.24) is 0 Å². The zero-order chi connectivity index (χ0) is 9.68. The molecule has 2 atom stereocenters. The van der Waals surface area contributed by atoms with Crippen LogP contribution in [0.15, 0.2) is 0 Å². The maximum Gasteiger partial charge on any atom is 0.307 e. The van der Waals surface area contributed by atoms with Crippen LogP contribution >= 0.6 is 11.8 Å². The predicted molar refractivity (Wildman–Crippen MR) is 52.8 cm³/mol. The first kappa shape index (κ1) is 10.9. The molecule has 1 heterocycles. The number of hydrogen-bond acceptors (Lipinski definition) is 3. The lowest BCUT2D eigenvalue weighted by atomic mass is 10.2. The predicted octanol–water partition coefficient (Wildman–Crippen LogP) is 1.97. The van der Waals surface area contributed by atoms with E-state index in [1.54, 1.807) is 18.7 Å². The fraction of sp³-hybridized carbons (Fsp3) is 0.889. The lowest BCUT2D eigenvalue weighted by Gasteiger charge is -2.22. The van der Waals surface area contributed by atoms with Crippen LogP contribution in [-0.4, -0.2) is 28.9 Å². The Labute approximate surface area is 82.8 Å². The third kappa shape index (κ3) is 4.00. The van der Waals surface area contributed by atoms with Gasteiger partial charge in [0.15, 0.2) is 0 Å². The highest BCUT2D eigenvalue weighted by molar-refractivity contribution is 7.99. The van der Waals surface area contributed by atoms with Crippen molar-refractivity contribution in [1.29, 1.82) is 0 Å². The normalized spacial score (nSPS) is 25.5. The Kier molecular flexibility index (Phi) is 4.59. The van der Waals surface area contributed by atoms with Crippen molar-refractivity contribution in [2.45, 2.75) is 31.6 Å². The molecule has 1 N–H and O–H groups in total. The first-order valence-electron chi connectivity index (χ1n) is 4.66. The summed E-state index contributed by atoms with van der Waals surface area (Å²) in [4.78, 5) is 10.5. The molecule has 0 saturated carbocycles. The van der Waals surface area contributed by atoms with Crippen LogP contribution in [0.3, 0.4) is 0 Å². The summed E-state index contributed by atoms with van der Waals surface area (Å²) in [6.07, 6.45) is 3.42. The molecule has 0 spiro atoms. The summed E-state index contributed by atoms with van der Waals surface area (Å²) in [6, 6.07) is 0. The highest BCUT2D eigenvalue weighted by atomic mass is 32.2. The van der Waals surface area contributed by atoms with E-state index in [2.05, 4.69) is 0 Å². The molecule has 1 aliphatic heterocycles. The molecule has 76 valence electrons. The average Bonchev–Trinajstić information content (AvgIpc) is 2.15. The van der Waals surface area contributed by atoms with Gasteiger partial charge in [-0.15, -0.1) is 11.8 Å². The summed E-state index contributed by atoms with van der Waals surface area (Å²) in [7, 11) is 0. The first-order chi connectivity index (χ1) is 6.20. The molecule has 2 unspecified atom stereocenters. The second-order valence-electron chi connectivity index (χ2n) is 3.37. The molecule has 0 aromatic heterocycles. The van der Waals surface area contributed by atoms with Crippen molar-refractivity contribution in [2.24, 2.45) is 5.92 Å². The van der Waals surface area contributed by atoms with Crippen molar-refractivity contribution in [3.05, 3.63) is 0 Å². The molecule has 0 amide bonds. The molecule has 0 aliphatic carbocycles. The molecule has 13 heavy (non-hydrogen) atoms. The Hall–Kier alpha value is -0.220. The molecule has 0 aromatic carbocycles. The van der Waals surface area contributed by atoms with E-state index >= 15 is 0 Å². The molecule has 1 fully saturated rings. The lowest BCUT2D eigenvalue weighted by molar-refractivity contribution is -0.140. The number of aliphatic carboxylic acids is 1. The number of hydrogen-bond donors (Lipinski definition) is 1. The maximum absolute atomic E-state index is 10.5. The van der Waals surface area contributed by atoms with Crippen LogP contribution in [0.2, 0.25) is 0 Å². The van der Waals surface area contributed by atoms with Crippen LogP contribution in [0.5, 0.6) is 0 Å². The van der Waals surface area contributed by atoms with E-state index in [4.69, 9.17) is 9.84 Å². The minimum absolute atomic E-state index is 0.232. The molecule has 0 radical (unpaired) electrons. The maximum atomic E-state index is 10.5. The molecule has 0 aromatic rings. The second kappa shape index (κ2) is 5.50. The number of thioether (sulfide) groups is 1. The highest BCUT2D eigenvalue weighted by Crippen LogP contribution is 2.24. The highest BCUT2D eigenvalue weighted by Gasteiger charge is 2.17. The molecule has 3 nitrogen and oxygen atoms in total. The molecule has 0 bridgehead atoms. The first-order valence-corrected chi connectivity index (χ1v) is 5.71. The van der Waals surface area contributed by atoms with Crippen LogP contribution in [0.25, 0.3) is 0 Å². The Bertz CT molecular complexity index is 166. The largest absolute Gasteiger partial charge is 0.481 e. The Morgan fingerprint density at radius 1 is 1.69 bits per heavy atom. The summed E-state index contributed by atoms with van der Waals surface area (Å²) in [5, 5.41) is 8.66. The molecular formula is C9H16O3S. The van der Waals surface area contributed by atoms with E-state index in [0.29, 0.717) is 5.75 Å². The van der Waals surface area contributed by atoms with Gasteiger partial charge in [-0.2, -0.15) is 0 Å². The van der Waals surface area contributed by atoms with E-state index in [1.807, 2.05) is 0 Å². The van der Waals surface area contributed by atoms with Gasteiger partial charge in [-0.05, 0) is 19.3 Å². The van der Waals surface area contributed by atoms with Crippen molar-refractivity contribution in [3.63, 3.8) is 0 Å². The third-order valence-corrected chi connectivity index (χ3v) is 3.53. The quantitative estimate of drug-likeness (QED) is 0.760. The Morgan fingerprint density at radius 2 is 2.46 bits per heavy atom. The summed E-state index contributed by atoms with van der Waals surface area (Å²) >= 11 is 1.63. The van der Waals surface area contributed by atoms with E-state index < -0.39 is 5.97 Å². The Morgan fingerprint density at radius 3 is 3.00 bits per heavy atom. The summed E-state index contributed by atoms with van der Waals surface area (Å²) in [5.41, 5.74) is 0.232. The van der Waals surface area contributed by atoms with Gasteiger partial charge >= 0.3 is 5.97 Å². The van der Waals surface area contributed by atoms with Crippen LogP contribution in [0.4, 0.5) is 0 Å².